The second kappa shape index (κ2) is 8.66. The van der Waals surface area contributed by atoms with Gasteiger partial charge in [0.1, 0.15) is 6.54 Å². The number of anilines is 2. The lowest BCUT2D eigenvalue weighted by Gasteiger charge is -2.14. The van der Waals surface area contributed by atoms with Crippen molar-refractivity contribution in [3.8, 4) is 0 Å². The normalized spacial score (nSPS) is 10.9. The number of likely N-dealkylation sites (N-methyl/N-ethyl adjacent to an activating group) is 1. The van der Waals surface area contributed by atoms with Crippen LogP contribution in [0.3, 0.4) is 0 Å². The van der Waals surface area contributed by atoms with Gasteiger partial charge in [0.2, 0.25) is 11.8 Å². The van der Waals surface area contributed by atoms with Crippen LogP contribution in [0.1, 0.15) is 5.56 Å². The number of fused-ring (bicyclic) bond motifs is 1. The molecule has 29 heavy (non-hydrogen) atoms. The summed E-state index contributed by atoms with van der Waals surface area (Å²) in [5.41, 5.74) is 2.35. The van der Waals surface area contributed by atoms with E-state index in [4.69, 9.17) is 0 Å². The summed E-state index contributed by atoms with van der Waals surface area (Å²) in [4.78, 5) is 43.0. The molecule has 150 valence electrons. The molecule has 0 unspecified atom stereocenters. The van der Waals surface area contributed by atoms with Crippen molar-refractivity contribution in [1.82, 2.24) is 14.5 Å². The first-order chi connectivity index (χ1) is 13.8. The Morgan fingerprint density at radius 3 is 2.59 bits per heavy atom. The minimum Gasteiger partial charge on any atom is -0.325 e. The van der Waals surface area contributed by atoms with Gasteiger partial charge in [0.05, 0.1) is 23.8 Å². The van der Waals surface area contributed by atoms with Crippen molar-refractivity contribution in [1.29, 1.82) is 0 Å². The van der Waals surface area contributed by atoms with Gasteiger partial charge in [-0.1, -0.05) is 18.2 Å². The first-order valence-electron chi connectivity index (χ1n) is 9.13. The molecule has 1 heterocycles. The van der Waals surface area contributed by atoms with Gasteiger partial charge in [0, 0.05) is 11.4 Å². The maximum absolute atomic E-state index is 12.5. The van der Waals surface area contributed by atoms with Gasteiger partial charge in [0.25, 0.3) is 5.56 Å². The lowest BCUT2D eigenvalue weighted by molar-refractivity contribution is -0.117. The Morgan fingerprint density at radius 2 is 1.83 bits per heavy atom. The molecule has 8 heteroatoms. The summed E-state index contributed by atoms with van der Waals surface area (Å²) in [5, 5.41) is 6.06. The second-order valence-electron chi connectivity index (χ2n) is 7.06. The number of carbonyl (C=O) groups excluding carboxylic acids is 2. The lowest BCUT2D eigenvalue weighted by Crippen LogP contribution is -2.28. The van der Waals surface area contributed by atoms with Crippen LogP contribution in [0.4, 0.5) is 11.4 Å². The first-order valence-corrected chi connectivity index (χ1v) is 9.13. The quantitative estimate of drug-likeness (QED) is 0.666. The SMILES string of the molecule is Cc1ccc(NC(=O)Cn2cnc3ccccc3c2=O)cc1NC(=O)CN(C)C. The van der Waals surface area contributed by atoms with E-state index in [9.17, 15) is 14.4 Å². The smallest absolute Gasteiger partial charge is 0.261 e. The molecule has 0 aliphatic heterocycles. The van der Waals surface area contributed by atoms with Crippen molar-refractivity contribution in [2.24, 2.45) is 0 Å². The van der Waals surface area contributed by atoms with E-state index in [0.717, 1.165) is 5.56 Å². The molecule has 2 amide bonds. The maximum atomic E-state index is 12.5. The van der Waals surface area contributed by atoms with E-state index < -0.39 is 0 Å². The number of rotatable bonds is 6. The summed E-state index contributed by atoms with van der Waals surface area (Å²) in [7, 11) is 3.62. The van der Waals surface area contributed by atoms with Gasteiger partial charge in [-0.3, -0.25) is 19.0 Å². The Balaban J connectivity index is 1.72. The number of hydrogen-bond acceptors (Lipinski definition) is 5. The third-order valence-corrected chi connectivity index (χ3v) is 4.30. The highest BCUT2D eigenvalue weighted by atomic mass is 16.2. The highest BCUT2D eigenvalue weighted by Crippen LogP contribution is 2.20. The van der Waals surface area contributed by atoms with Crippen LogP contribution in [0.5, 0.6) is 0 Å². The molecule has 0 saturated carbocycles. The Labute approximate surface area is 168 Å². The van der Waals surface area contributed by atoms with E-state index in [1.807, 2.05) is 27.1 Å². The van der Waals surface area contributed by atoms with E-state index in [1.165, 1.54) is 10.9 Å². The molecule has 2 N–H and O–H groups in total. The number of amides is 2. The minimum absolute atomic E-state index is 0.143. The first kappa shape index (κ1) is 20.2. The van der Waals surface area contributed by atoms with Crippen molar-refractivity contribution in [2.45, 2.75) is 13.5 Å². The summed E-state index contributed by atoms with van der Waals surface area (Å²) in [5.74, 6) is -0.506. The van der Waals surface area contributed by atoms with Crippen LogP contribution in [0.25, 0.3) is 10.9 Å². The van der Waals surface area contributed by atoms with E-state index in [1.54, 1.807) is 41.3 Å². The zero-order valence-electron chi connectivity index (χ0n) is 16.6. The van der Waals surface area contributed by atoms with Gasteiger partial charge in [-0.15, -0.1) is 0 Å². The second-order valence-corrected chi connectivity index (χ2v) is 7.06. The van der Waals surface area contributed by atoms with Gasteiger partial charge >= 0.3 is 0 Å². The molecule has 3 rings (SSSR count). The zero-order chi connectivity index (χ0) is 21.0. The molecule has 0 aliphatic carbocycles. The molecule has 2 aromatic carbocycles. The number of hydrogen-bond donors (Lipinski definition) is 2. The number of nitrogens with one attached hydrogen (secondary N) is 2. The third-order valence-electron chi connectivity index (χ3n) is 4.30. The predicted octanol–water partition coefficient (Wildman–Crippen LogP) is 1.84. The van der Waals surface area contributed by atoms with Gasteiger partial charge in [-0.2, -0.15) is 0 Å². The monoisotopic (exact) mass is 393 g/mol. The molecule has 0 atom stereocenters. The standard InChI is InChI=1S/C21H23N5O3/c1-14-8-9-15(10-18(14)24-19(27)11-25(2)3)23-20(28)12-26-13-22-17-7-5-4-6-16(17)21(26)29/h4-10,13H,11-12H2,1-3H3,(H,23,28)(H,24,27). The van der Waals surface area contributed by atoms with Crippen LogP contribution in [0.15, 0.2) is 53.6 Å². The number of aryl methyl sites for hydroxylation is 1. The molecule has 0 spiro atoms. The van der Waals surface area contributed by atoms with Crippen LogP contribution in [0, 0.1) is 6.92 Å². The number of aromatic nitrogens is 2. The molecule has 8 nitrogen and oxygen atoms in total. The number of para-hydroxylation sites is 1. The van der Waals surface area contributed by atoms with Gasteiger partial charge in [-0.25, -0.2) is 4.98 Å². The molecular weight excluding hydrogens is 370 g/mol. The fourth-order valence-electron chi connectivity index (χ4n) is 2.89. The molecule has 0 saturated heterocycles. The molecule has 1 aromatic heterocycles. The fourth-order valence-corrected chi connectivity index (χ4v) is 2.89. The van der Waals surface area contributed by atoms with Crippen LogP contribution in [-0.2, 0) is 16.1 Å². The van der Waals surface area contributed by atoms with E-state index in [0.29, 0.717) is 22.3 Å². The molecule has 0 radical (unpaired) electrons. The topological polar surface area (TPSA) is 96.3 Å². The van der Waals surface area contributed by atoms with Crippen LogP contribution < -0.4 is 16.2 Å². The predicted molar refractivity (Wildman–Crippen MR) is 113 cm³/mol. The van der Waals surface area contributed by atoms with Crippen LogP contribution in [-0.4, -0.2) is 46.9 Å². The zero-order valence-corrected chi connectivity index (χ0v) is 16.6. The Bertz CT molecular complexity index is 1120. The Kier molecular flexibility index (Phi) is 6.04. The van der Waals surface area contributed by atoms with Gasteiger partial charge < -0.3 is 15.5 Å². The van der Waals surface area contributed by atoms with Gasteiger partial charge in [0.15, 0.2) is 0 Å². The maximum Gasteiger partial charge on any atom is 0.261 e. The van der Waals surface area contributed by atoms with Crippen molar-refractivity contribution in [3.63, 3.8) is 0 Å². The summed E-state index contributed by atoms with van der Waals surface area (Å²) < 4.78 is 1.27. The van der Waals surface area contributed by atoms with Crippen molar-refractivity contribution in [2.75, 3.05) is 31.3 Å². The number of benzene rings is 2. The largest absolute Gasteiger partial charge is 0.325 e. The number of nitrogens with zero attached hydrogens (tertiary/aromatic N) is 3. The van der Waals surface area contributed by atoms with Crippen LogP contribution in [0.2, 0.25) is 0 Å². The molecule has 3 aromatic rings. The number of carbonyl (C=O) groups is 2. The molecule has 0 bridgehead atoms. The third kappa shape index (κ3) is 5.05. The average Bonchev–Trinajstić information content (AvgIpc) is 2.66. The molecule has 0 fully saturated rings. The summed E-state index contributed by atoms with van der Waals surface area (Å²) >= 11 is 0. The van der Waals surface area contributed by atoms with E-state index in [2.05, 4.69) is 15.6 Å². The summed E-state index contributed by atoms with van der Waals surface area (Å²) in [6, 6.07) is 12.2. The Morgan fingerprint density at radius 1 is 1.07 bits per heavy atom. The van der Waals surface area contributed by atoms with E-state index >= 15 is 0 Å². The van der Waals surface area contributed by atoms with Gasteiger partial charge in [-0.05, 0) is 50.8 Å². The average molecular weight is 393 g/mol. The summed E-state index contributed by atoms with van der Waals surface area (Å²) in [6.45, 7) is 1.97. The van der Waals surface area contributed by atoms with E-state index in [-0.39, 0.29) is 30.5 Å². The van der Waals surface area contributed by atoms with Crippen molar-refractivity contribution in [3.05, 3.63) is 64.7 Å². The fraction of sp³-hybridized carbons (Fsp3) is 0.238. The van der Waals surface area contributed by atoms with Crippen LogP contribution >= 0.6 is 0 Å². The van der Waals surface area contributed by atoms with Crippen molar-refractivity contribution < 1.29 is 9.59 Å². The summed E-state index contributed by atoms with van der Waals surface area (Å²) in [6.07, 6.45) is 1.37. The minimum atomic E-state index is -0.362. The highest BCUT2D eigenvalue weighted by Gasteiger charge is 2.11. The van der Waals surface area contributed by atoms with Crippen molar-refractivity contribution >= 4 is 34.1 Å². The highest BCUT2D eigenvalue weighted by molar-refractivity contribution is 5.95. The molecule has 0 aliphatic rings. The lowest BCUT2D eigenvalue weighted by atomic mass is 10.1. The Hall–Kier alpha value is -3.52. The molecular formula is C21H23N5O3.